The van der Waals surface area contributed by atoms with Gasteiger partial charge < -0.3 is 30.5 Å². The van der Waals surface area contributed by atoms with E-state index in [0.29, 0.717) is 13.2 Å². The van der Waals surface area contributed by atoms with Crippen LogP contribution in [0.15, 0.2) is 0 Å². The standard InChI is InChI=1S/C11H21N3O6/c1-19-4-3-12-9(15)7-14-11(18)13-6-8(20-2)5-10(16)17/h8H,3-7H2,1-2H3,(H,12,15)(H,16,17)(H2,13,14,18). The van der Waals surface area contributed by atoms with E-state index in [2.05, 4.69) is 16.0 Å². The van der Waals surface area contributed by atoms with Crippen molar-refractivity contribution in [2.45, 2.75) is 12.5 Å². The summed E-state index contributed by atoms with van der Waals surface area (Å²) < 4.78 is 9.64. The van der Waals surface area contributed by atoms with E-state index in [0.717, 1.165) is 0 Å². The van der Waals surface area contributed by atoms with Crippen LogP contribution in [0.2, 0.25) is 0 Å². The van der Waals surface area contributed by atoms with Crippen LogP contribution in [-0.4, -0.2) is 69.6 Å². The van der Waals surface area contributed by atoms with Gasteiger partial charge in [-0.25, -0.2) is 4.79 Å². The monoisotopic (exact) mass is 291 g/mol. The minimum Gasteiger partial charge on any atom is -0.481 e. The molecule has 0 radical (unpaired) electrons. The molecule has 0 aromatic rings. The first-order valence-electron chi connectivity index (χ1n) is 6.01. The SMILES string of the molecule is COCCNC(=O)CNC(=O)NCC(CC(=O)O)OC. The number of carboxylic acids is 1. The van der Waals surface area contributed by atoms with Crippen LogP contribution in [0.25, 0.3) is 0 Å². The van der Waals surface area contributed by atoms with E-state index in [9.17, 15) is 14.4 Å². The number of carbonyl (C=O) groups is 3. The van der Waals surface area contributed by atoms with E-state index in [4.69, 9.17) is 14.6 Å². The molecule has 0 aliphatic heterocycles. The van der Waals surface area contributed by atoms with Gasteiger partial charge in [-0.3, -0.25) is 9.59 Å². The quantitative estimate of drug-likeness (QED) is 0.364. The Bertz CT molecular complexity index is 323. The van der Waals surface area contributed by atoms with Gasteiger partial charge in [-0.1, -0.05) is 0 Å². The van der Waals surface area contributed by atoms with Crippen LogP contribution in [0.5, 0.6) is 0 Å². The Kier molecular flexibility index (Phi) is 9.97. The van der Waals surface area contributed by atoms with Crippen LogP contribution in [-0.2, 0) is 19.1 Å². The number of carboxylic acid groups (broad SMARTS) is 1. The van der Waals surface area contributed by atoms with Crippen LogP contribution in [0.4, 0.5) is 4.79 Å². The molecule has 3 amide bonds. The van der Waals surface area contributed by atoms with Crippen LogP contribution in [0.1, 0.15) is 6.42 Å². The highest BCUT2D eigenvalue weighted by Crippen LogP contribution is 1.94. The lowest BCUT2D eigenvalue weighted by Gasteiger charge is -2.14. The Morgan fingerprint density at radius 2 is 1.85 bits per heavy atom. The number of nitrogens with one attached hydrogen (secondary N) is 3. The van der Waals surface area contributed by atoms with Crippen LogP contribution in [0, 0.1) is 0 Å². The zero-order valence-corrected chi connectivity index (χ0v) is 11.6. The molecule has 1 unspecified atom stereocenters. The van der Waals surface area contributed by atoms with Crippen LogP contribution >= 0.6 is 0 Å². The molecule has 1 atom stereocenters. The first kappa shape index (κ1) is 18.1. The fourth-order valence-electron chi connectivity index (χ4n) is 1.22. The second-order valence-corrected chi connectivity index (χ2v) is 3.86. The maximum Gasteiger partial charge on any atom is 0.315 e. The average Bonchev–Trinajstić information content (AvgIpc) is 2.41. The first-order chi connectivity index (χ1) is 9.49. The van der Waals surface area contributed by atoms with E-state index in [1.54, 1.807) is 0 Å². The Labute approximate surface area is 117 Å². The molecule has 0 bridgehead atoms. The highest BCUT2D eigenvalue weighted by atomic mass is 16.5. The molecule has 9 nitrogen and oxygen atoms in total. The number of hydrogen-bond donors (Lipinski definition) is 4. The molecule has 0 aliphatic carbocycles. The van der Waals surface area contributed by atoms with E-state index < -0.39 is 18.1 Å². The van der Waals surface area contributed by atoms with E-state index in [-0.39, 0.29) is 25.4 Å². The maximum absolute atomic E-state index is 11.4. The second kappa shape index (κ2) is 11.0. The Morgan fingerprint density at radius 3 is 2.40 bits per heavy atom. The van der Waals surface area contributed by atoms with Crippen molar-refractivity contribution in [2.75, 3.05) is 40.5 Å². The lowest BCUT2D eigenvalue weighted by molar-refractivity contribution is -0.139. The molecular formula is C11H21N3O6. The average molecular weight is 291 g/mol. The fraction of sp³-hybridized carbons (Fsp3) is 0.727. The molecule has 0 spiro atoms. The van der Waals surface area contributed by atoms with Crippen molar-refractivity contribution in [1.29, 1.82) is 0 Å². The van der Waals surface area contributed by atoms with Gasteiger partial charge >= 0.3 is 12.0 Å². The van der Waals surface area contributed by atoms with Gasteiger partial charge in [0.2, 0.25) is 5.91 Å². The van der Waals surface area contributed by atoms with Gasteiger partial charge in [0, 0.05) is 27.3 Å². The summed E-state index contributed by atoms with van der Waals surface area (Å²) in [6.07, 6.45) is -0.831. The van der Waals surface area contributed by atoms with Gasteiger partial charge in [-0.2, -0.15) is 0 Å². The normalized spacial score (nSPS) is 11.5. The third-order valence-corrected chi connectivity index (χ3v) is 2.26. The second-order valence-electron chi connectivity index (χ2n) is 3.86. The summed E-state index contributed by atoms with van der Waals surface area (Å²) in [4.78, 5) is 33.1. The van der Waals surface area contributed by atoms with Gasteiger partial charge in [-0.15, -0.1) is 0 Å². The predicted octanol–water partition coefficient (Wildman–Crippen LogP) is -1.46. The Morgan fingerprint density at radius 1 is 1.15 bits per heavy atom. The Hall–Kier alpha value is -1.87. The minimum atomic E-state index is -1.02. The molecule has 0 heterocycles. The van der Waals surface area contributed by atoms with Crippen molar-refractivity contribution >= 4 is 17.9 Å². The van der Waals surface area contributed by atoms with Gasteiger partial charge in [0.05, 0.1) is 25.7 Å². The number of amides is 3. The molecule has 116 valence electrons. The van der Waals surface area contributed by atoms with Crippen molar-refractivity contribution in [3.63, 3.8) is 0 Å². The zero-order chi connectivity index (χ0) is 15.4. The number of hydrogen-bond acceptors (Lipinski definition) is 5. The van der Waals surface area contributed by atoms with Crippen molar-refractivity contribution in [3.8, 4) is 0 Å². The molecule has 0 rings (SSSR count). The highest BCUT2D eigenvalue weighted by molar-refractivity contribution is 5.83. The maximum atomic E-state index is 11.4. The molecule has 0 saturated carbocycles. The molecule has 0 aliphatic rings. The summed E-state index contributed by atoms with van der Waals surface area (Å²) >= 11 is 0. The van der Waals surface area contributed by atoms with Gasteiger partial charge in [-0.05, 0) is 0 Å². The molecular weight excluding hydrogens is 270 g/mol. The van der Waals surface area contributed by atoms with Crippen molar-refractivity contribution in [1.82, 2.24) is 16.0 Å². The highest BCUT2D eigenvalue weighted by Gasteiger charge is 2.13. The summed E-state index contributed by atoms with van der Waals surface area (Å²) in [7, 11) is 2.87. The molecule has 0 saturated heterocycles. The third-order valence-electron chi connectivity index (χ3n) is 2.26. The number of rotatable bonds is 10. The molecule has 4 N–H and O–H groups in total. The summed E-state index contributed by atoms with van der Waals surface area (Å²) in [6, 6.07) is -0.570. The lowest BCUT2D eigenvalue weighted by atomic mass is 10.2. The van der Waals surface area contributed by atoms with E-state index in [1.165, 1.54) is 14.2 Å². The minimum absolute atomic E-state index is 0.0416. The van der Waals surface area contributed by atoms with Gasteiger partial charge in [0.25, 0.3) is 0 Å². The van der Waals surface area contributed by atoms with Gasteiger partial charge in [0.1, 0.15) is 0 Å². The first-order valence-corrected chi connectivity index (χ1v) is 6.01. The molecule has 0 fully saturated rings. The van der Waals surface area contributed by atoms with Gasteiger partial charge in [0.15, 0.2) is 0 Å². The zero-order valence-electron chi connectivity index (χ0n) is 11.6. The van der Waals surface area contributed by atoms with E-state index in [1.807, 2.05) is 0 Å². The van der Waals surface area contributed by atoms with Crippen molar-refractivity contribution in [2.24, 2.45) is 0 Å². The lowest BCUT2D eigenvalue weighted by Crippen LogP contribution is -2.45. The van der Waals surface area contributed by atoms with Crippen LogP contribution < -0.4 is 16.0 Å². The number of ether oxygens (including phenoxy) is 2. The molecule has 0 aromatic carbocycles. The number of carbonyl (C=O) groups excluding carboxylic acids is 2. The summed E-state index contributed by atoms with van der Waals surface area (Å²) in [5.74, 6) is -1.36. The summed E-state index contributed by atoms with van der Waals surface area (Å²) in [5.41, 5.74) is 0. The molecule has 0 aromatic heterocycles. The number of methoxy groups -OCH3 is 2. The summed E-state index contributed by atoms with van der Waals surface area (Å²) in [6.45, 7) is 0.623. The van der Waals surface area contributed by atoms with E-state index >= 15 is 0 Å². The molecule has 20 heavy (non-hydrogen) atoms. The van der Waals surface area contributed by atoms with Crippen molar-refractivity contribution in [3.05, 3.63) is 0 Å². The fourth-order valence-corrected chi connectivity index (χ4v) is 1.22. The number of aliphatic carboxylic acids is 1. The Balaban J connectivity index is 3.76. The summed E-state index contributed by atoms with van der Waals surface area (Å²) in [5, 5.41) is 15.9. The number of urea groups is 1. The smallest absolute Gasteiger partial charge is 0.315 e. The predicted molar refractivity (Wildman–Crippen MR) is 69.3 cm³/mol. The third kappa shape index (κ3) is 10.1. The topological polar surface area (TPSA) is 126 Å². The largest absolute Gasteiger partial charge is 0.481 e. The molecule has 9 heteroatoms. The van der Waals surface area contributed by atoms with Crippen molar-refractivity contribution < 1.29 is 29.0 Å². The van der Waals surface area contributed by atoms with Crippen LogP contribution in [0.3, 0.4) is 0 Å².